The van der Waals surface area contributed by atoms with E-state index >= 15 is 0 Å². The van der Waals surface area contributed by atoms with Gasteiger partial charge in [0.15, 0.2) is 5.96 Å². The van der Waals surface area contributed by atoms with Crippen LogP contribution in [0.3, 0.4) is 0 Å². The summed E-state index contributed by atoms with van der Waals surface area (Å²) in [6.45, 7) is 8.53. The number of nitrogens with zero attached hydrogens (tertiary/aromatic N) is 2. The quantitative estimate of drug-likeness (QED) is 0.440. The van der Waals surface area contributed by atoms with Gasteiger partial charge in [-0.25, -0.2) is 9.38 Å². The smallest absolute Gasteiger partial charge is 0.191 e. The average Bonchev–Trinajstić information content (AvgIpc) is 2.56. The highest BCUT2D eigenvalue weighted by Gasteiger charge is 2.11. The zero-order valence-electron chi connectivity index (χ0n) is 16.8. The number of hydrogen-bond acceptors (Lipinski definition) is 3. The summed E-state index contributed by atoms with van der Waals surface area (Å²) in [6, 6.07) is 5.22. The lowest BCUT2D eigenvalue weighted by atomic mass is 9.94. The van der Waals surface area contributed by atoms with Crippen molar-refractivity contribution in [2.45, 2.75) is 40.2 Å². The molecule has 0 aliphatic rings. The molecule has 1 unspecified atom stereocenters. The highest BCUT2D eigenvalue weighted by Crippen LogP contribution is 2.18. The van der Waals surface area contributed by atoms with Crippen LogP contribution in [-0.4, -0.2) is 44.9 Å². The van der Waals surface area contributed by atoms with Crippen molar-refractivity contribution < 1.29 is 9.50 Å². The molecule has 0 radical (unpaired) electrons. The molecule has 1 rings (SSSR count). The molecule has 0 amide bonds. The first-order chi connectivity index (χ1) is 12.4. The molecule has 1 atom stereocenters. The van der Waals surface area contributed by atoms with Gasteiger partial charge in [0.1, 0.15) is 5.82 Å². The topological polar surface area (TPSA) is 59.9 Å². The zero-order valence-corrected chi connectivity index (χ0v) is 16.8. The Morgan fingerprint density at radius 2 is 2.00 bits per heavy atom. The van der Waals surface area contributed by atoms with E-state index in [-0.39, 0.29) is 12.4 Å². The van der Waals surface area contributed by atoms with Crippen LogP contribution in [0.2, 0.25) is 0 Å². The van der Waals surface area contributed by atoms with Gasteiger partial charge in [0.25, 0.3) is 0 Å². The van der Waals surface area contributed by atoms with Crippen LogP contribution in [0.25, 0.3) is 0 Å². The maximum absolute atomic E-state index is 14.1. The third kappa shape index (κ3) is 8.04. The normalized spacial score (nSPS) is 13.0. The number of rotatable bonds is 10. The molecule has 1 aromatic rings. The Hall–Kier alpha value is -1.82. The summed E-state index contributed by atoms with van der Waals surface area (Å²) in [5.74, 6) is 1.48. The van der Waals surface area contributed by atoms with E-state index < -0.39 is 0 Å². The molecule has 5 nitrogen and oxygen atoms in total. The van der Waals surface area contributed by atoms with Gasteiger partial charge in [-0.2, -0.15) is 0 Å². The van der Waals surface area contributed by atoms with Crippen molar-refractivity contribution in [1.29, 1.82) is 0 Å². The lowest BCUT2D eigenvalue weighted by Crippen LogP contribution is -2.40. The van der Waals surface area contributed by atoms with Crippen molar-refractivity contribution in [3.8, 4) is 0 Å². The monoisotopic (exact) mass is 366 g/mol. The Morgan fingerprint density at radius 1 is 1.27 bits per heavy atom. The first kappa shape index (κ1) is 22.2. The first-order valence-corrected chi connectivity index (χ1v) is 9.46. The summed E-state index contributed by atoms with van der Waals surface area (Å²) in [6.07, 6.45) is 1.84. The molecule has 0 heterocycles. The average molecular weight is 367 g/mol. The summed E-state index contributed by atoms with van der Waals surface area (Å²) >= 11 is 0. The van der Waals surface area contributed by atoms with Gasteiger partial charge in [0.2, 0.25) is 0 Å². The zero-order chi connectivity index (χ0) is 19.5. The molecule has 0 aliphatic carbocycles. The minimum Gasteiger partial charge on any atom is -0.396 e. The van der Waals surface area contributed by atoms with Crippen LogP contribution in [0.5, 0.6) is 0 Å². The summed E-state index contributed by atoms with van der Waals surface area (Å²) < 4.78 is 14.1. The number of aliphatic hydroxyl groups excluding tert-OH is 1. The number of nitrogens with one attached hydrogen (secondary N) is 2. The van der Waals surface area contributed by atoms with E-state index in [2.05, 4.69) is 29.5 Å². The molecule has 26 heavy (non-hydrogen) atoms. The molecular formula is C20H35FN4O. The number of guanidine groups is 1. The fraction of sp³-hybridized carbons (Fsp3) is 0.650. The number of aliphatic hydroxyl groups is 1. The third-order valence-electron chi connectivity index (χ3n) is 4.16. The van der Waals surface area contributed by atoms with E-state index in [1.165, 1.54) is 6.07 Å². The van der Waals surface area contributed by atoms with Gasteiger partial charge in [-0.3, -0.25) is 0 Å². The molecular weight excluding hydrogens is 331 g/mol. The SMILES string of the molecule is CCNC(=NCc1ccc(N(C)C)c(F)c1)NCC(CCO)CC(C)C. The summed E-state index contributed by atoms with van der Waals surface area (Å²) in [5, 5.41) is 15.8. The minimum atomic E-state index is -0.236. The largest absolute Gasteiger partial charge is 0.396 e. The van der Waals surface area contributed by atoms with Crippen molar-refractivity contribution in [2.75, 3.05) is 38.7 Å². The molecule has 0 spiro atoms. The van der Waals surface area contributed by atoms with Crippen LogP contribution in [0.15, 0.2) is 23.2 Å². The second-order valence-electron chi connectivity index (χ2n) is 7.26. The molecule has 0 aliphatic heterocycles. The Labute approximate surface area is 157 Å². The Bertz CT molecular complexity index is 561. The minimum absolute atomic E-state index is 0.199. The summed E-state index contributed by atoms with van der Waals surface area (Å²) in [7, 11) is 3.65. The fourth-order valence-electron chi connectivity index (χ4n) is 2.92. The van der Waals surface area contributed by atoms with Crippen LogP contribution >= 0.6 is 0 Å². The van der Waals surface area contributed by atoms with Gasteiger partial charge in [-0.15, -0.1) is 0 Å². The van der Waals surface area contributed by atoms with E-state index in [1.54, 1.807) is 11.0 Å². The highest BCUT2D eigenvalue weighted by molar-refractivity contribution is 5.79. The highest BCUT2D eigenvalue weighted by atomic mass is 19.1. The number of anilines is 1. The van der Waals surface area contributed by atoms with E-state index in [0.29, 0.717) is 24.1 Å². The molecule has 0 saturated carbocycles. The third-order valence-corrected chi connectivity index (χ3v) is 4.16. The van der Waals surface area contributed by atoms with Crippen LogP contribution < -0.4 is 15.5 Å². The van der Waals surface area contributed by atoms with E-state index in [9.17, 15) is 9.50 Å². The predicted molar refractivity (Wildman–Crippen MR) is 108 cm³/mol. The molecule has 3 N–H and O–H groups in total. The van der Waals surface area contributed by atoms with Crippen LogP contribution in [0.4, 0.5) is 10.1 Å². The van der Waals surface area contributed by atoms with Gasteiger partial charge in [-0.1, -0.05) is 19.9 Å². The molecule has 0 aromatic heterocycles. The maximum Gasteiger partial charge on any atom is 0.191 e. The second kappa shape index (κ2) is 11.7. The van der Waals surface area contributed by atoms with E-state index in [1.807, 2.05) is 27.1 Å². The van der Waals surface area contributed by atoms with Gasteiger partial charge in [0.05, 0.1) is 12.2 Å². The van der Waals surface area contributed by atoms with Crippen molar-refractivity contribution in [1.82, 2.24) is 10.6 Å². The molecule has 6 heteroatoms. The lowest BCUT2D eigenvalue weighted by Gasteiger charge is -2.20. The number of aliphatic imine (C=N–C) groups is 1. The number of hydrogen-bond donors (Lipinski definition) is 3. The van der Waals surface area contributed by atoms with Crippen LogP contribution in [0, 0.1) is 17.7 Å². The van der Waals surface area contributed by atoms with Gasteiger partial charge in [0, 0.05) is 33.8 Å². The molecule has 0 saturated heterocycles. The van der Waals surface area contributed by atoms with Crippen molar-refractivity contribution >= 4 is 11.6 Å². The van der Waals surface area contributed by atoms with Gasteiger partial charge in [-0.05, 0) is 49.3 Å². The molecule has 1 aromatic carbocycles. The lowest BCUT2D eigenvalue weighted by molar-refractivity contribution is 0.243. The number of benzene rings is 1. The summed E-state index contributed by atoms with van der Waals surface area (Å²) in [5.41, 5.74) is 1.41. The Morgan fingerprint density at radius 3 is 2.54 bits per heavy atom. The van der Waals surface area contributed by atoms with E-state index in [4.69, 9.17) is 0 Å². The fourth-order valence-corrected chi connectivity index (χ4v) is 2.92. The Kier molecular flexibility index (Phi) is 10.0. The van der Waals surface area contributed by atoms with E-state index in [0.717, 1.165) is 37.5 Å². The van der Waals surface area contributed by atoms with Crippen molar-refractivity contribution in [3.05, 3.63) is 29.6 Å². The standard InChI is InChI=1S/C20H35FN4O/c1-6-22-20(24-14-17(9-10-26)11-15(2)3)23-13-16-7-8-19(25(4)5)18(21)12-16/h7-8,12,15,17,26H,6,9-11,13-14H2,1-5H3,(H2,22,23,24). The van der Waals surface area contributed by atoms with Crippen molar-refractivity contribution in [3.63, 3.8) is 0 Å². The Balaban J connectivity index is 2.71. The molecule has 148 valence electrons. The second-order valence-corrected chi connectivity index (χ2v) is 7.26. The summed E-state index contributed by atoms with van der Waals surface area (Å²) in [4.78, 5) is 6.32. The maximum atomic E-state index is 14.1. The molecule has 0 bridgehead atoms. The van der Waals surface area contributed by atoms with Crippen LogP contribution in [-0.2, 0) is 6.54 Å². The molecule has 0 fully saturated rings. The van der Waals surface area contributed by atoms with Gasteiger partial charge >= 0.3 is 0 Å². The van der Waals surface area contributed by atoms with Crippen LogP contribution in [0.1, 0.15) is 39.2 Å². The first-order valence-electron chi connectivity index (χ1n) is 9.46. The van der Waals surface area contributed by atoms with Gasteiger partial charge < -0.3 is 20.6 Å². The van der Waals surface area contributed by atoms with Crippen molar-refractivity contribution in [2.24, 2.45) is 16.8 Å². The number of halogens is 1. The predicted octanol–water partition coefficient (Wildman–Crippen LogP) is 2.99.